The Kier molecular flexibility index (Phi) is 27.1. The van der Waals surface area contributed by atoms with E-state index in [2.05, 4.69) is 298 Å². The lowest BCUT2D eigenvalue weighted by molar-refractivity contribution is 0.426. The van der Waals surface area contributed by atoms with E-state index in [0.717, 1.165) is 32.9 Å². The van der Waals surface area contributed by atoms with Gasteiger partial charge in [-0.15, -0.1) is 0 Å². The molecule has 0 aliphatic heterocycles. The van der Waals surface area contributed by atoms with Crippen molar-refractivity contribution in [2.24, 2.45) is 0 Å². The minimum atomic E-state index is -1.39. The van der Waals surface area contributed by atoms with Crippen molar-refractivity contribution in [3.8, 4) is 77.9 Å². The molecule has 2 nitrogen and oxygen atoms in total. The molecule has 16 rings (SSSR count). The molecule has 0 amide bonds. The number of hydrogen-bond acceptors (Lipinski definition) is 2. The highest BCUT2D eigenvalue weighted by molar-refractivity contribution is 9.11. The molecule has 0 aliphatic rings. The minimum absolute atomic E-state index is 0.509. The number of hydrogen-bond donors (Lipinski definition) is 2. The highest BCUT2D eigenvalue weighted by Crippen LogP contribution is 2.49. The Labute approximate surface area is 678 Å². The van der Waals surface area contributed by atoms with Gasteiger partial charge in [0.05, 0.1) is 0 Å². The van der Waals surface area contributed by atoms with Gasteiger partial charge in [0.25, 0.3) is 0 Å². The Morgan fingerprint density at radius 2 is 0.455 bits per heavy atom. The highest BCUT2D eigenvalue weighted by Gasteiger charge is 2.23. The molecule has 552 valence electrons. The van der Waals surface area contributed by atoms with Gasteiger partial charge in [-0.3, -0.25) is 0 Å². The van der Waals surface area contributed by atoms with Gasteiger partial charge in [-0.25, -0.2) is 0 Å². The third-order valence-corrected chi connectivity index (χ3v) is 24.6. The van der Waals surface area contributed by atoms with E-state index < -0.39 is 7.12 Å². The van der Waals surface area contributed by atoms with Crippen molar-refractivity contribution in [1.29, 1.82) is 0 Å². The normalized spacial score (nSPS) is 11.5. The summed E-state index contributed by atoms with van der Waals surface area (Å²) in [6, 6.07) is 105. The molecule has 2 N–H and O–H groups in total. The van der Waals surface area contributed by atoms with E-state index >= 15 is 0 Å². The van der Waals surface area contributed by atoms with E-state index in [1.807, 2.05) is 42.5 Å². The molecule has 0 atom stereocenters. The molecular formula is C104H100BBr3O2. The summed E-state index contributed by atoms with van der Waals surface area (Å²) in [7, 11) is -1.39. The zero-order valence-corrected chi connectivity index (χ0v) is 68.6. The molecular weight excluding hydrogens is 1530 g/mol. The van der Waals surface area contributed by atoms with Crippen LogP contribution in [-0.4, -0.2) is 17.2 Å². The van der Waals surface area contributed by atoms with Crippen molar-refractivity contribution in [2.45, 2.75) is 155 Å². The fraction of sp³-hybridized carbons (Fsp3) is 0.231. The standard InChI is InChI=1S/C64H58.C28H31Br3.C12H11BO2/c1-2-3-4-5-6-7-8-9-10-14-27-55-44-60(52-34-28-49(29-35-52)46-21-15-11-16-22-46)57-42-43-59-62(54-38-32-51(33-39-54)48-25-19-13-20-26-48)45-61(58-41-40-56(55)63(57)64(58)59)53-36-30-50(31-37-53)47-23-17-12-18-24-47;1-2-3-4-5-6-7-8-9-10-11-12-19-17-24(29)21-15-16-23-26(31)18-25(30)22-14-13-20(19)27(21)28(22)23;14-13(15)12-8-6-11(7-9-12)10-4-2-1-3-5-10/h11-13,15-26,28-45H,2-10,14,27H2,1H3;13-18H,2-12H2,1H3;1-9,14-15H. The van der Waals surface area contributed by atoms with Gasteiger partial charge < -0.3 is 10.0 Å². The van der Waals surface area contributed by atoms with Gasteiger partial charge >= 0.3 is 7.12 Å². The summed E-state index contributed by atoms with van der Waals surface area (Å²) in [5, 5.41) is 34.1. The summed E-state index contributed by atoms with van der Waals surface area (Å²) in [4.78, 5) is 0. The fourth-order valence-electron chi connectivity index (χ4n) is 16.6. The van der Waals surface area contributed by atoms with Crippen molar-refractivity contribution >= 4 is 125 Å². The molecule has 0 saturated carbocycles. The Hall–Kier alpha value is -8.98. The highest BCUT2D eigenvalue weighted by atomic mass is 79.9. The molecule has 110 heavy (non-hydrogen) atoms. The van der Waals surface area contributed by atoms with Crippen LogP contribution in [0.5, 0.6) is 0 Å². The topological polar surface area (TPSA) is 40.5 Å². The van der Waals surface area contributed by atoms with E-state index in [1.54, 1.807) is 12.1 Å². The van der Waals surface area contributed by atoms with Gasteiger partial charge in [-0.1, -0.05) is 444 Å². The smallest absolute Gasteiger partial charge is 0.423 e. The van der Waals surface area contributed by atoms with Crippen LogP contribution in [0.4, 0.5) is 0 Å². The summed E-state index contributed by atoms with van der Waals surface area (Å²) >= 11 is 11.4. The second kappa shape index (κ2) is 38.3. The molecule has 0 unspecified atom stereocenters. The van der Waals surface area contributed by atoms with Crippen LogP contribution in [0.2, 0.25) is 0 Å². The Morgan fingerprint density at radius 3 is 0.791 bits per heavy atom. The van der Waals surface area contributed by atoms with Crippen LogP contribution in [0.25, 0.3) is 143 Å². The first-order chi connectivity index (χ1) is 54.1. The van der Waals surface area contributed by atoms with Crippen molar-refractivity contribution in [3.63, 3.8) is 0 Å². The molecule has 0 radical (unpaired) electrons. The Balaban J connectivity index is 0.000000179. The SMILES string of the molecule is CCCCCCCCCCCCc1cc(-c2ccc(-c3ccccc3)cc2)c2ccc3c(-c4ccc(-c5ccccc5)cc4)cc(-c4ccc(-c5ccccc5)cc4)c4ccc1c2c43.CCCCCCCCCCCCc1cc(Br)c2ccc3c(Br)cc(Br)c4ccc1c2c34.OB(O)c1ccc(-c2ccccc2)cc1. The Bertz CT molecular complexity index is 5470. The third-order valence-electron chi connectivity index (χ3n) is 22.6. The zero-order chi connectivity index (χ0) is 75.6. The predicted octanol–water partition coefficient (Wildman–Crippen LogP) is 31.4. The maximum absolute atomic E-state index is 8.94. The van der Waals surface area contributed by atoms with Crippen molar-refractivity contribution < 1.29 is 10.0 Å². The van der Waals surface area contributed by atoms with Crippen LogP contribution in [0, 0.1) is 0 Å². The summed E-state index contributed by atoms with van der Waals surface area (Å²) < 4.78 is 3.52. The first-order valence-electron chi connectivity index (χ1n) is 40.6. The van der Waals surface area contributed by atoms with Gasteiger partial charge in [-0.2, -0.15) is 0 Å². The lowest BCUT2D eigenvalue weighted by Gasteiger charge is -2.22. The first kappa shape index (κ1) is 77.7. The largest absolute Gasteiger partial charge is 0.488 e. The van der Waals surface area contributed by atoms with E-state index in [-0.39, 0.29) is 0 Å². The minimum Gasteiger partial charge on any atom is -0.423 e. The summed E-state index contributed by atoms with van der Waals surface area (Å²) in [6.07, 6.45) is 29.5. The summed E-state index contributed by atoms with van der Waals surface area (Å²) in [5.74, 6) is 0. The van der Waals surface area contributed by atoms with E-state index in [0.29, 0.717) is 5.46 Å². The van der Waals surface area contributed by atoms with Gasteiger partial charge in [0, 0.05) is 13.4 Å². The second-order valence-corrected chi connectivity index (χ2v) is 32.7. The average Bonchev–Trinajstić information content (AvgIpc) is 0.712. The second-order valence-electron chi connectivity index (χ2n) is 30.1. The average molecular weight is 1630 g/mol. The van der Waals surface area contributed by atoms with Crippen LogP contribution >= 0.6 is 47.8 Å². The van der Waals surface area contributed by atoms with E-state index in [9.17, 15) is 0 Å². The first-order valence-corrected chi connectivity index (χ1v) is 43.0. The van der Waals surface area contributed by atoms with Crippen LogP contribution in [0.1, 0.15) is 153 Å². The van der Waals surface area contributed by atoms with Crippen LogP contribution in [0.3, 0.4) is 0 Å². The van der Waals surface area contributed by atoms with Gasteiger partial charge in [0.15, 0.2) is 0 Å². The summed E-state index contributed by atoms with van der Waals surface area (Å²) in [6.45, 7) is 4.59. The Morgan fingerprint density at radius 1 is 0.218 bits per heavy atom. The van der Waals surface area contributed by atoms with Crippen molar-refractivity contribution in [1.82, 2.24) is 0 Å². The van der Waals surface area contributed by atoms with Crippen molar-refractivity contribution in [3.05, 3.63) is 316 Å². The summed E-state index contributed by atoms with van der Waals surface area (Å²) in [5.41, 5.74) is 20.7. The fourth-order valence-corrected chi connectivity index (χ4v) is 18.7. The molecule has 0 heterocycles. The number of unbranched alkanes of at least 4 members (excludes halogenated alkanes) is 18. The number of halogens is 3. The number of rotatable bonds is 30. The third kappa shape index (κ3) is 18.5. The molecule has 16 aromatic rings. The van der Waals surface area contributed by atoms with Gasteiger partial charge in [0.1, 0.15) is 0 Å². The maximum atomic E-state index is 8.94. The van der Waals surface area contributed by atoms with Crippen LogP contribution < -0.4 is 5.46 Å². The van der Waals surface area contributed by atoms with Crippen LogP contribution in [0.15, 0.2) is 305 Å². The van der Waals surface area contributed by atoms with E-state index in [1.165, 1.54) is 275 Å². The zero-order valence-electron chi connectivity index (χ0n) is 63.9. The molecule has 0 spiro atoms. The molecule has 0 aliphatic carbocycles. The van der Waals surface area contributed by atoms with Gasteiger partial charge in [0.2, 0.25) is 0 Å². The van der Waals surface area contributed by atoms with Gasteiger partial charge in [-0.05, 0) is 209 Å². The number of benzene rings is 16. The monoisotopic (exact) mass is 1630 g/mol. The van der Waals surface area contributed by atoms with E-state index in [4.69, 9.17) is 10.0 Å². The lowest BCUT2D eigenvalue weighted by Crippen LogP contribution is -2.29. The molecule has 0 fully saturated rings. The van der Waals surface area contributed by atoms with Crippen LogP contribution in [-0.2, 0) is 12.8 Å². The number of aryl methyl sites for hydroxylation is 2. The quantitative estimate of drug-likeness (QED) is 0.0268. The molecule has 0 bridgehead atoms. The predicted molar refractivity (Wildman–Crippen MR) is 489 cm³/mol. The maximum Gasteiger partial charge on any atom is 0.488 e. The molecule has 0 aromatic heterocycles. The molecule has 6 heteroatoms. The molecule has 0 saturated heterocycles. The lowest BCUT2D eigenvalue weighted by atomic mass is 9.80. The molecule has 16 aromatic carbocycles. The van der Waals surface area contributed by atoms with Crippen molar-refractivity contribution in [2.75, 3.05) is 0 Å².